The monoisotopic (exact) mass is 338 g/mol. The third-order valence-electron chi connectivity index (χ3n) is 3.46. The van der Waals surface area contributed by atoms with Gasteiger partial charge in [-0.2, -0.15) is 0 Å². The van der Waals surface area contributed by atoms with Crippen LogP contribution in [0.5, 0.6) is 0 Å². The van der Waals surface area contributed by atoms with Crippen molar-refractivity contribution in [1.29, 1.82) is 0 Å². The maximum atomic E-state index is 12.0. The van der Waals surface area contributed by atoms with Gasteiger partial charge in [-0.25, -0.2) is 0 Å². The first-order chi connectivity index (χ1) is 9.99. The van der Waals surface area contributed by atoms with E-state index in [2.05, 4.69) is 43.4 Å². The van der Waals surface area contributed by atoms with Crippen LogP contribution in [0.2, 0.25) is 0 Å². The molecule has 3 N–H and O–H groups in total. The van der Waals surface area contributed by atoms with E-state index in [4.69, 9.17) is 5.73 Å². The zero-order chi connectivity index (χ0) is 15.4. The van der Waals surface area contributed by atoms with Gasteiger partial charge in [-0.1, -0.05) is 44.2 Å². The van der Waals surface area contributed by atoms with Gasteiger partial charge < -0.3 is 11.1 Å². The van der Waals surface area contributed by atoms with Gasteiger partial charge in [-0.3, -0.25) is 4.79 Å². The Labute approximate surface area is 142 Å². The molecule has 0 aliphatic rings. The van der Waals surface area contributed by atoms with Crippen LogP contribution in [0.25, 0.3) is 0 Å². The van der Waals surface area contributed by atoms with Crippen molar-refractivity contribution in [3.05, 3.63) is 57.8 Å². The van der Waals surface area contributed by atoms with Crippen LogP contribution in [0.1, 0.15) is 48.7 Å². The standard InChI is InChI=1S/C17H22N2OS.ClH/c1-11(2)13-6-8-14(9-7-13)16(15-5-4-10-21-15)19-17(20)12(3)18;/h4-12,16H,18H2,1-3H3,(H,19,20);1H/t12-,16?;/m0./s1. The molecule has 22 heavy (non-hydrogen) atoms. The average Bonchev–Trinajstić information content (AvgIpc) is 2.98. The van der Waals surface area contributed by atoms with Crippen molar-refractivity contribution < 1.29 is 4.79 Å². The number of nitrogens with two attached hydrogens (primary N) is 1. The lowest BCUT2D eigenvalue weighted by Gasteiger charge is -2.20. The Kier molecular flexibility index (Phi) is 7.07. The lowest BCUT2D eigenvalue weighted by atomic mass is 9.98. The van der Waals surface area contributed by atoms with Crippen LogP contribution < -0.4 is 11.1 Å². The number of halogens is 1. The molecule has 2 aromatic rings. The topological polar surface area (TPSA) is 55.1 Å². The number of amides is 1. The van der Waals surface area contributed by atoms with Crippen molar-refractivity contribution in [3.8, 4) is 0 Å². The van der Waals surface area contributed by atoms with Gasteiger partial charge in [0.05, 0.1) is 12.1 Å². The molecule has 1 amide bonds. The summed E-state index contributed by atoms with van der Waals surface area (Å²) in [4.78, 5) is 13.1. The molecule has 0 saturated carbocycles. The normalized spacial score (nSPS) is 13.3. The molecule has 2 rings (SSSR count). The van der Waals surface area contributed by atoms with Crippen LogP contribution in [0.4, 0.5) is 0 Å². The van der Waals surface area contributed by atoms with E-state index in [1.807, 2.05) is 17.5 Å². The fourth-order valence-corrected chi connectivity index (χ4v) is 2.92. The minimum atomic E-state index is -0.512. The molecule has 3 nitrogen and oxygen atoms in total. The minimum Gasteiger partial charge on any atom is -0.343 e. The van der Waals surface area contributed by atoms with Gasteiger partial charge in [0.1, 0.15) is 0 Å². The second kappa shape index (κ2) is 8.32. The Morgan fingerprint density at radius 3 is 2.14 bits per heavy atom. The molecule has 0 aliphatic carbocycles. The van der Waals surface area contributed by atoms with Crippen LogP contribution >= 0.6 is 23.7 Å². The number of hydrogen-bond donors (Lipinski definition) is 2. The first-order valence-corrected chi connectivity index (χ1v) is 8.06. The molecule has 0 radical (unpaired) electrons. The summed E-state index contributed by atoms with van der Waals surface area (Å²) in [5.74, 6) is 0.360. The summed E-state index contributed by atoms with van der Waals surface area (Å²) in [5, 5.41) is 5.05. The van der Waals surface area contributed by atoms with Crippen molar-refractivity contribution in [2.75, 3.05) is 0 Å². The molecule has 0 aliphatic heterocycles. The third kappa shape index (κ3) is 4.57. The number of carbonyl (C=O) groups is 1. The third-order valence-corrected chi connectivity index (χ3v) is 4.40. The van der Waals surface area contributed by atoms with Gasteiger partial charge in [0.15, 0.2) is 0 Å². The first kappa shape index (κ1) is 18.7. The highest BCUT2D eigenvalue weighted by atomic mass is 35.5. The summed E-state index contributed by atoms with van der Waals surface area (Å²) >= 11 is 1.63. The summed E-state index contributed by atoms with van der Waals surface area (Å²) in [6.45, 7) is 6.04. The Hall–Kier alpha value is -1.36. The molecule has 0 fully saturated rings. The minimum absolute atomic E-state index is 0. The van der Waals surface area contributed by atoms with Gasteiger partial charge in [0.25, 0.3) is 0 Å². The summed E-state index contributed by atoms with van der Waals surface area (Å²) < 4.78 is 0. The Morgan fingerprint density at radius 2 is 1.68 bits per heavy atom. The maximum absolute atomic E-state index is 12.0. The number of carbonyl (C=O) groups excluding carboxylic acids is 1. The van der Waals surface area contributed by atoms with E-state index < -0.39 is 6.04 Å². The molecular weight excluding hydrogens is 316 g/mol. The molecule has 1 aromatic heterocycles. The van der Waals surface area contributed by atoms with Crippen molar-refractivity contribution in [2.45, 2.75) is 38.8 Å². The quantitative estimate of drug-likeness (QED) is 0.870. The van der Waals surface area contributed by atoms with E-state index in [1.54, 1.807) is 18.3 Å². The Balaban J connectivity index is 0.00000242. The summed E-state index contributed by atoms with van der Waals surface area (Å²) in [6, 6.07) is 11.8. The van der Waals surface area contributed by atoms with Gasteiger partial charge >= 0.3 is 0 Å². The molecule has 5 heteroatoms. The van der Waals surface area contributed by atoms with Crippen LogP contribution in [-0.2, 0) is 4.79 Å². The molecule has 0 saturated heterocycles. The largest absolute Gasteiger partial charge is 0.343 e. The molecule has 0 spiro atoms. The molecular formula is C17H23ClN2OS. The van der Waals surface area contributed by atoms with Crippen LogP contribution in [-0.4, -0.2) is 11.9 Å². The number of nitrogens with one attached hydrogen (secondary N) is 1. The van der Waals surface area contributed by atoms with E-state index in [0.29, 0.717) is 5.92 Å². The number of thiophene rings is 1. The molecule has 2 atom stereocenters. The van der Waals surface area contributed by atoms with Crippen LogP contribution in [0.15, 0.2) is 41.8 Å². The fraction of sp³-hybridized carbons (Fsp3) is 0.353. The maximum Gasteiger partial charge on any atom is 0.237 e. The van der Waals surface area contributed by atoms with Gasteiger partial charge in [0.2, 0.25) is 5.91 Å². The molecule has 1 heterocycles. The molecule has 1 aromatic carbocycles. The number of rotatable bonds is 5. The zero-order valence-corrected chi connectivity index (χ0v) is 14.7. The van der Waals surface area contributed by atoms with Crippen molar-refractivity contribution in [3.63, 3.8) is 0 Å². The highest BCUT2D eigenvalue weighted by molar-refractivity contribution is 7.10. The molecule has 1 unspecified atom stereocenters. The number of hydrogen-bond acceptors (Lipinski definition) is 3. The van der Waals surface area contributed by atoms with E-state index >= 15 is 0 Å². The SMILES string of the molecule is CC(C)c1ccc(C(NC(=O)[C@H](C)N)c2cccs2)cc1.Cl. The predicted octanol–water partition coefficient (Wildman–Crippen LogP) is 3.85. The van der Waals surface area contributed by atoms with E-state index in [1.165, 1.54) is 5.56 Å². The van der Waals surface area contributed by atoms with Crippen molar-refractivity contribution >= 4 is 29.7 Å². The smallest absolute Gasteiger partial charge is 0.237 e. The van der Waals surface area contributed by atoms with Crippen molar-refractivity contribution in [1.82, 2.24) is 5.32 Å². The Bertz CT molecular complexity index is 579. The lowest BCUT2D eigenvalue weighted by Crippen LogP contribution is -2.40. The summed E-state index contributed by atoms with van der Waals surface area (Å²) in [6.07, 6.45) is 0. The first-order valence-electron chi connectivity index (χ1n) is 7.18. The number of benzene rings is 1. The second-order valence-corrected chi connectivity index (χ2v) is 6.55. The fourth-order valence-electron chi connectivity index (χ4n) is 2.12. The Morgan fingerprint density at radius 1 is 1.09 bits per heavy atom. The van der Waals surface area contributed by atoms with Crippen LogP contribution in [0, 0.1) is 0 Å². The summed E-state index contributed by atoms with van der Waals surface area (Å²) in [5.41, 5.74) is 8.04. The average molecular weight is 339 g/mol. The second-order valence-electron chi connectivity index (χ2n) is 5.57. The van der Waals surface area contributed by atoms with Gasteiger partial charge in [-0.05, 0) is 35.4 Å². The molecule has 0 bridgehead atoms. The van der Waals surface area contributed by atoms with E-state index in [-0.39, 0.29) is 24.4 Å². The predicted molar refractivity (Wildman–Crippen MR) is 95.7 cm³/mol. The van der Waals surface area contributed by atoms with Gasteiger partial charge in [-0.15, -0.1) is 23.7 Å². The summed E-state index contributed by atoms with van der Waals surface area (Å²) in [7, 11) is 0. The van der Waals surface area contributed by atoms with E-state index in [0.717, 1.165) is 10.4 Å². The van der Waals surface area contributed by atoms with E-state index in [9.17, 15) is 4.79 Å². The zero-order valence-electron chi connectivity index (χ0n) is 13.1. The highest BCUT2D eigenvalue weighted by Gasteiger charge is 2.19. The van der Waals surface area contributed by atoms with Gasteiger partial charge in [0, 0.05) is 4.88 Å². The highest BCUT2D eigenvalue weighted by Crippen LogP contribution is 2.27. The van der Waals surface area contributed by atoms with Crippen LogP contribution in [0.3, 0.4) is 0 Å². The van der Waals surface area contributed by atoms with Crippen molar-refractivity contribution in [2.24, 2.45) is 5.73 Å². The molecule has 120 valence electrons. The lowest BCUT2D eigenvalue weighted by molar-refractivity contribution is -0.122.